The molecule has 0 spiro atoms. The van der Waals surface area contributed by atoms with Crippen LogP contribution in [-0.4, -0.2) is 22.9 Å². The van der Waals surface area contributed by atoms with Gasteiger partial charge in [-0.3, -0.25) is 9.59 Å². The van der Waals surface area contributed by atoms with Crippen LogP contribution in [0.3, 0.4) is 0 Å². The highest BCUT2D eigenvalue weighted by molar-refractivity contribution is 6.10. The van der Waals surface area contributed by atoms with E-state index >= 15 is 0 Å². The number of carboxylic acids is 1. The molecule has 2 amide bonds. The molecule has 3 N–H and O–H groups in total. The van der Waals surface area contributed by atoms with Crippen molar-refractivity contribution in [3.05, 3.63) is 59.7 Å². The molecule has 0 atom stereocenters. The van der Waals surface area contributed by atoms with E-state index in [-0.39, 0.29) is 17.4 Å². The molecular weight excluding hydrogens is 308 g/mol. The molecule has 0 fully saturated rings. The summed E-state index contributed by atoms with van der Waals surface area (Å²) >= 11 is 0. The summed E-state index contributed by atoms with van der Waals surface area (Å²) in [7, 11) is 0. The molecule has 0 bridgehead atoms. The Morgan fingerprint density at radius 2 is 1.54 bits per heavy atom. The highest BCUT2D eigenvalue weighted by Crippen LogP contribution is 2.18. The van der Waals surface area contributed by atoms with E-state index in [9.17, 15) is 14.4 Å². The predicted molar refractivity (Wildman–Crippen MR) is 91.3 cm³/mol. The number of amides is 2. The van der Waals surface area contributed by atoms with E-state index in [1.54, 1.807) is 38.1 Å². The van der Waals surface area contributed by atoms with Crippen LogP contribution in [0, 0.1) is 5.92 Å². The van der Waals surface area contributed by atoms with Crippen LogP contribution in [0.25, 0.3) is 0 Å². The Bertz CT molecular complexity index is 767. The van der Waals surface area contributed by atoms with Crippen LogP contribution >= 0.6 is 0 Å². The standard InChI is InChI=1S/C18H18N2O4/c1-11(2)16(21)20-15-6-4-3-5-14(15)17(22)19-13-9-7-12(8-10-13)18(23)24/h3-11H,1-2H3,(H,19,22)(H,20,21)(H,23,24). The maximum Gasteiger partial charge on any atom is 0.335 e. The minimum absolute atomic E-state index is 0.137. The van der Waals surface area contributed by atoms with Gasteiger partial charge >= 0.3 is 5.97 Å². The monoisotopic (exact) mass is 326 g/mol. The molecular formula is C18H18N2O4. The van der Waals surface area contributed by atoms with Crippen molar-refractivity contribution in [3.63, 3.8) is 0 Å². The first-order chi connectivity index (χ1) is 11.4. The summed E-state index contributed by atoms with van der Waals surface area (Å²) in [4.78, 5) is 35.1. The van der Waals surface area contributed by atoms with Crippen LogP contribution in [0.4, 0.5) is 11.4 Å². The zero-order valence-corrected chi connectivity index (χ0v) is 13.4. The molecule has 0 aromatic heterocycles. The summed E-state index contributed by atoms with van der Waals surface area (Å²) in [5, 5.41) is 14.3. The van der Waals surface area contributed by atoms with Gasteiger partial charge in [0, 0.05) is 11.6 Å². The zero-order chi connectivity index (χ0) is 17.7. The van der Waals surface area contributed by atoms with E-state index in [0.717, 1.165) is 0 Å². The van der Waals surface area contributed by atoms with Gasteiger partial charge in [0.15, 0.2) is 0 Å². The van der Waals surface area contributed by atoms with Gasteiger partial charge in [-0.25, -0.2) is 4.79 Å². The molecule has 6 heteroatoms. The van der Waals surface area contributed by atoms with Gasteiger partial charge < -0.3 is 15.7 Å². The molecule has 24 heavy (non-hydrogen) atoms. The first-order valence-electron chi connectivity index (χ1n) is 7.43. The number of nitrogens with one attached hydrogen (secondary N) is 2. The number of benzene rings is 2. The summed E-state index contributed by atoms with van der Waals surface area (Å²) in [6, 6.07) is 12.5. The molecule has 0 heterocycles. The average molecular weight is 326 g/mol. The minimum Gasteiger partial charge on any atom is -0.478 e. The molecule has 0 aliphatic rings. The van der Waals surface area contributed by atoms with E-state index < -0.39 is 11.9 Å². The molecule has 2 aromatic carbocycles. The van der Waals surface area contributed by atoms with E-state index in [4.69, 9.17) is 5.11 Å². The maximum atomic E-state index is 12.4. The second-order valence-electron chi connectivity index (χ2n) is 5.53. The third kappa shape index (κ3) is 4.19. The highest BCUT2D eigenvalue weighted by Gasteiger charge is 2.15. The fraction of sp³-hybridized carbons (Fsp3) is 0.167. The smallest absolute Gasteiger partial charge is 0.335 e. The van der Waals surface area contributed by atoms with Crippen LogP contribution in [0.2, 0.25) is 0 Å². The number of hydrogen-bond donors (Lipinski definition) is 3. The normalized spacial score (nSPS) is 10.3. The largest absolute Gasteiger partial charge is 0.478 e. The van der Waals surface area contributed by atoms with Crippen molar-refractivity contribution >= 4 is 29.2 Å². The van der Waals surface area contributed by atoms with Crippen LogP contribution in [0.15, 0.2) is 48.5 Å². The van der Waals surface area contributed by atoms with Crippen molar-refractivity contribution < 1.29 is 19.5 Å². The lowest BCUT2D eigenvalue weighted by Crippen LogP contribution is -2.21. The Hall–Kier alpha value is -3.15. The van der Waals surface area contributed by atoms with E-state index in [1.165, 1.54) is 24.3 Å². The Morgan fingerprint density at radius 3 is 2.12 bits per heavy atom. The quantitative estimate of drug-likeness (QED) is 0.786. The fourth-order valence-corrected chi connectivity index (χ4v) is 1.96. The third-order valence-electron chi connectivity index (χ3n) is 3.34. The van der Waals surface area contributed by atoms with Gasteiger partial charge in [-0.1, -0.05) is 26.0 Å². The molecule has 0 aliphatic carbocycles. The lowest BCUT2D eigenvalue weighted by molar-refractivity contribution is -0.118. The Balaban J connectivity index is 2.17. The summed E-state index contributed by atoms with van der Waals surface area (Å²) in [6.07, 6.45) is 0. The topological polar surface area (TPSA) is 95.5 Å². The molecule has 2 aromatic rings. The molecule has 6 nitrogen and oxygen atoms in total. The number of para-hydroxylation sites is 1. The van der Waals surface area contributed by atoms with Gasteiger partial charge in [0.1, 0.15) is 0 Å². The van der Waals surface area contributed by atoms with Crippen molar-refractivity contribution in [3.8, 4) is 0 Å². The average Bonchev–Trinajstić information content (AvgIpc) is 2.55. The molecule has 2 rings (SSSR count). The summed E-state index contributed by atoms with van der Waals surface area (Å²) in [5.74, 6) is -1.81. The predicted octanol–water partition coefficient (Wildman–Crippen LogP) is 3.23. The van der Waals surface area contributed by atoms with Crippen LogP contribution in [-0.2, 0) is 4.79 Å². The van der Waals surface area contributed by atoms with E-state index in [2.05, 4.69) is 10.6 Å². The SMILES string of the molecule is CC(C)C(=O)Nc1ccccc1C(=O)Nc1ccc(C(=O)O)cc1. The van der Waals surface area contributed by atoms with E-state index in [1.807, 2.05) is 0 Å². The Morgan fingerprint density at radius 1 is 0.917 bits per heavy atom. The van der Waals surface area contributed by atoms with Crippen LogP contribution in [0.5, 0.6) is 0 Å². The number of carbonyl (C=O) groups excluding carboxylic acids is 2. The molecule has 124 valence electrons. The van der Waals surface area contributed by atoms with Gasteiger partial charge in [-0.2, -0.15) is 0 Å². The van der Waals surface area contributed by atoms with Crippen molar-refractivity contribution in [1.82, 2.24) is 0 Å². The van der Waals surface area contributed by atoms with Crippen LogP contribution < -0.4 is 10.6 Å². The number of carbonyl (C=O) groups is 3. The lowest BCUT2D eigenvalue weighted by Gasteiger charge is -2.13. The van der Waals surface area contributed by atoms with Gasteiger partial charge in [-0.05, 0) is 36.4 Å². The third-order valence-corrected chi connectivity index (χ3v) is 3.34. The second-order valence-corrected chi connectivity index (χ2v) is 5.53. The second kappa shape index (κ2) is 7.41. The number of anilines is 2. The van der Waals surface area contributed by atoms with E-state index in [0.29, 0.717) is 16.9 Å². The Kier molecular flexibility index (Phi) is 5.31. The van der Waals surface area contributed by atoms with Crippen molar-refractivity contribution in [2.45, 2.75) is 13.8 Å². The minimum atomic E-state index is -1.03. The lowest BCUT2D eigenvalue weighted by atomic mass is 10.1. The fourth-order valence-electron chi connectivity index (χ4n) is 1.96. The Labute approximate surface area is 139 Å². The number of hydrogen-bond acceptors (Lipinski definition) is 3. The van der Waals surface area contributed by atoms with Gasteiger partial charge in [0.25, 0.3) is 5.91 Å². The summed E-state index contributed by atoms with van der Waals surface area (Å²) in [6.45, 7) is 3.53. The number of rotatable bonds is 5. The molecule has 0 aliphatic heterocycles. The number of carboxylic acid groups (broad SMARTS) is 1. The molecule has 0 saturated carbocycles. The molecule has 0 radical (unpaired) electrons. The molecule has 0 saturated heterocycles. The summed E-state index contributed by atoms with van der Waals surface area (Å²) < 4.78 is 0. The zero-order valence-electron chi connectivity index (χ0n) is 13.4. The maximum absolute atomic E-state index is 12.4. The highest BCUT2D eigenvalue weighted by atomic mass is 16.4. The summed E-state index contributed by atoms with van der Waals surface area (Å²) in [5.41, 5.74) is 1.36. The van der Waals surface area contributed by atoms with Crippen molar-refractivity contribution in [2.24, 2.45) is 5.92 Å². The number of aromatic carboxylic acids is 1. The van der Waals surface area contributed by atoms with Gasteiger partial charge in [0.2, 0.25) is 5.91 Å². The molecule has 0 unspecified atom stereocenters. The first-order valence-corrected chi connectivity index (χ1v) is 7.43. The van der Waals surface area contributed by atoms with Gasteiger partial charge in [-0.15, -0.1) is 0 Å². The van der Waals surface area contributed by atoms with Crippen LogP contribution in [0.1, 0.15) is 34.6 Å². The van der Waals surface area contributed by atoms with Crippen molar-refractivity contribution in [2.75, 3.05) is 10.6 Å². The van der Waals surface area contributed by atoms with Crippen molar-refractivity contribution in [1.29, 1.82) is 0 Å². The van der Waals surface area contributed by atoms with Gasteiger partial charge in [0.05, 0.1) is 16.8 Å². The first kappa shape index (κ1) is 17.2.